The van der Waals surface area contributed by atoms with Crippen molar-refractivity contribution in [1.82, 2.24) is 5.32 Å². The Morgan fingerprint density at radius 2 is 1.70 bits per heavy atom. The third kappa shape index (κ3) is 4.21. The number of rotatable bonds is 2. The quantitative estimate of drug-likeness (QED) is 0.816. The van der Waals surface area contributed by atoms with E-state index in [9.17, 15) is 4.79 Å². The Bertz CT molecular complexity index is 346. The van der Waals surface area contributed by atoms with Crippen LogP contribution < -0.4 is 11.1 Å². The first-order chi connectivity index (χ1) is 9.17. The second kappa shape index (κ2) is 5.67. The van der Waals surface area contributed by atoms with Crippen LogP contribution in [0.1, 0.15) is 72.6 Å². The van der Waals surface area contributed by atoms with Gasteiger partial charge in [-0.05, 0) is 49.4 Å². The molecule has 2 rings (SSSR count). The molecule has 0 heterocycles. The molecule has 0 radical (unpaired) electrons. The van der Waals surface area contributed by atoms with Gasteiger partial charge in [-0.1, -0.05) is 34.1 Å². The monoisotopic (exact) mass is 280 g/mol. The zero-order chi connectivity index (χ0) is 15.0. The van der Waals surface area contributed by atoms with Crippen LogP contribution in [0.5, 0.6) is 0 Å². The van der Waals surface area contributed by atoms with Crippen LogP contribution in [-0.2, 0) is 4.79 Å². The lowest BCUT2D eigenvalue weighted by atomic mass is 9.63. The zero-order valence-electron chi connectivity index (χ0n) is 13.7. The Balaban J connectivity index is 1.93. The number of hydrogen-bond donors (Lipinski definition) is 2. The third-order valence-electron chi connectivity index (χ3n) is 4.99. The van der Waals surface area contributed by atoms with Crippen LogP contribution in [0, 0.1) is 16.7 Å². The minimum atomic E-state index is 0.145. The first-order valence-corrected chi connectivity index (χ1v) is 8.23. The first-order valence-electron chi connectivity index (χ1n) is 8.23. The maximum Gasteiger partial charge on any atom is 0.223 e. The highest BCUT2D eigenvalue weighted by Gasteiger charge is 2.39. The number of amides is 1. The van der Waals surface area contributed by atoms with Gasteiger partial charge < -0.3 is 11.1 Å². The molecule has 20 heavy (non-hydrogen) atoms. The SMILES string of the molecule is CC1(C)CC(NC(=O)C2CCCC(N)C2)CC(C)(C)C1. The van der Waals surface area contributed by atoms with Crippen molar-refractivity contribution in [2.45, 2.75) is 84.7 Å². The van der Waals surface area contributed by atoms with E-state index in [1.807, 2.05) is 0 Å². The molecule has 0 aliphatic heterocycles. The second-order valence-electron chi connectivity index (χ2n) is 8.74. The Morgan fingerprint density at radius 1 is 1.10 bits per heavy atom. The summed E-state index contributed by atoms with van der Waals surface area (Å²) in [4.78, 5) is 12.5. The van der Waals surface area contributed by atoms with Crippen molar-refractivity contribution >= 4 is 5.91 Å². The van der Waals surface area contributed by atoms with Crippen LogP contribution in [0.3, 0.4) is 0 Å². The third-order valence-corrected chi connectivity index (χ3v) is 4.99. The molecule has 3 heteroatoms. The highest BCUT2D eigenvalue weighted by atomic mass is 16.1. The second-order valence-corrected chi connectivity index (χ2v) is 8.74. The Kier molecular flexibility index (Phi) is 4.48. The van der Waals surface area contributed by atoms with Crippen LogP contribution in [0.4, 0.5) is 0 Å². The Morgan fingerprint density at radius 3 is 2.25 bits per heavy atom. The van der Waals surface area contributed by atoms with Gasteiger partial charge >= 0.3 is 0 Å². The summed E-state index contributed by atoms with van der Waals surface area (Å²) >= 11 is 0. The predicted octanol–water partition coefficient (Wildman–Crippen LogP) is 3.23. The molecule has 2 saturated carbocycles. The molecule has 0 saturated heterocycles. The van der Waals surface area contributed by atoms with E-state index in [-0.39, 0.29) is 17.9 Å². The summed E-state index contributed by atoms with van der Waals surface area (Å²) in [5.74, 6) is 0.394. The highest BCUT2D eigenvalue weighted by Crippen LogP contribution is 2.45. The van der Waals surface area contributed by atoms with Crippen molar-refractivity contribution in [3.63, 3.8) is 0 Å². The summed E-state index contributed by atoms with van der Waals surface area (Å²) in [5.41, 5.74) is 6.65. The molecule has 2 atom stereocenters. The number of nitrogens with two attached hydrogens (primary N) is 1. The van der Waals surface area contributed by atoms with Crippen molar-refractivity contribution in [3.8, 4) is 0 Å². The number of carbonyl (C=O) groups is 1. The van der Waals surface area contributed by atoms with E-state index >= 15 is 0 Å². The summed E-state index contributed by atoms with van der Waals surface area (Å²) < 4.78 is 0. The minimum Gasteiger partial charge on any atom is -0.353 e. The number of hydrogen-bond acceptors (Lipinski definition) is 2. The lowest BCUT2D eigenvalue weighted by Crippen LogP contribution is -2.48. The van der Waals surface area contributed by atoms with Crippen LogP contribution in [0.2, 0.25) is 0 Å². The lowest BCUT2D eigenvalue weighted by molar-refractivity contribution is -0.127. The van der Waals surface area contributed by atoms with Crippen LogP contribution in [-0.4, -0.2) is 18.0 Å². The minimum absolute atomic E-state index is 0.145. The molecule has 3 nitrogen and oxygen atoms in total. The maximum absolute atomic E-state index is 12.5. The van der Waals surface area contributed by atoms with Gasteiger partial charge in [-0.15, -0.1) is 0 Å². The summed E-state index contributed by atoms with van der Waals surface area (Å²) in [7, 11) is 0. The van der Waals surface area contributed by atoms with Crippen LogP contribution >= 0.6 is 0 Å². The molecule has 3 N–H and O–H groups in total. The van der Waals surface area contributed by atoms with E-state index < -0.39 is 0 Å². The van der Waals surface area contributed by atoms with E-state index in [1.54, 1.807) is 0 Å². The van der Waals surface area contributed by atoms with Crippen molar-refractivity contribution in [2.24, 2.45) is 22.5 Å². The van der Waals surface area contributed by atoms with Gasteiger partial charge in [0.2, 0.25) is 5.91 Å². The van der Waals surface area contributed by atoms with E-state index in [1.165, 1.54) is 6.42 Å². The molecule has 2 fully saturated rings. The number of nitrogens with one attached hydrogen (secondary N) is 1. The van der Waals surface area contributed by atoms with Crippen molar-refractivity contribution < 1.29 is 4.79 Å². The molecule has 116 valence electrons. The Labute approximate surface area is 124 Å². The van der Waals surface area contributed by atoms with Crippen molar-refractivity contribution in [3.05, 3.63) is 0 Å². The first kappa shape index (κ1) is 15.8. The Hall–Kier alpha value is -0.570. The van der Waals surface area contributed by atoms with Gasteiger partial charge in [0.25, 0.3) is 0 Å². The molecular formula is C17H32N2O. The van der Waals surface area contributed by atoms with Gasteiger partial charge in [-0.3, -0.25) is 4.79 Å². The number of carbonyl (C=O) groups excluding carboxylic acids is 1. The largest absolute Gasteiger partial charge is 0.353 e. The van der Waals surface area contributed by atoms with Gasteiger partial charge in [0, 0.05) is 18.0 Å². The molecular weight excluding hydrogens is 248 g/mol. The van der Waals surface area contributed by atoms with Gasteiger partial charge in [0.05, 0.1) is 0 Å². The zero-order valence-corrected chi connectivity index (χ0v) is 13.7. The normalized spacial score (nSPS) is 33.6. The highest BCUT2D eigenvalue weighted by molar-refractivity contribution is 5.79. The molecule has 0 aromatic rings. The summed E-state index contributed by atoms with van der Waals surface area (Å²) in [6.45, 7) is 9.29. The standard InChI is InChI=1S/C17H32N2O/c1-16(2)9-14(10-17(3,4)11-16)19-15(20)12-6-5-7-13(18)8-12/h12-14H,5-11,18H2,1-4H3,(H,19,20). The predicted molar refractivity (Wildman–Crippen MR) is 83.3 cm³/mol. The molecule has 0 spiro atoms. The van der Waals surface area contributed by atoms with Crippen LogP contribution in [0.25, 0.3) is 0 Å². The fourth-order valence-electron chi connectivity index (χ4n) is 4.73. The fraction of sp³-hybridized carbons (Fsp3) is 0.941. The van der Waals surface area contributed by atoms with E-state index in [0.29, 0.717) is 16.9 Å². The molecule has 2 aliphatic rings. The smallest absolute Gasteiger partial charge is 0.223 e. The molecule has 2 aliphatic carbocycles. The van der Waals surface area contributed by atoms with Gasteiger partial charge in [-0.2, -0.15) is 0 Å². The average Bonchev–Trinajstić information content (AvgIpc) is 2.24. The van der Waals surface area contributed by atoms with E-state index in [0.717, 1.165) is 38.5 Å². The van der Waals surface area contributed by atoms with E-state index in [4.69, 9.17) is 5.73 Å². The lowest BCUT2D eigenvalue weighted by Gasteiger charge is -2.45. The molecule has 2 unspecified atom stereocenters. The van der Waals surface area contributed by atoms with Gasteiger partial charge in [0.15, 0.2) is 0 Å². The summed E-state index contributed by atoms with van der Waals surface area (Å²) in [5, 5.41) is 3.33. The maximum atomic E-state index is 12.5. The molecule has 0 bridgehead atoms. The fourth-order valence-corrected chi connectivity index (χ4v) is 4.73. The molecule has 1 amide bonds. The molecule has 0 aromatic heterocycles. The van der Waals surface area contributed by atoms with Crippen LogP contribution in [0.15, 0.2) is 0 Å². The van der Waals surface area contributed by atoms with Gasteiger partial charge in [-0.25, -0.2) is 0 Å². The van der Waals surface area contributed by atoms with Crippen molar-refractivity contribution in [1.29, 1.82) is 0 Å². The average molecular weight is 280 g/mol. The van der Waals surface area contributed by atoms with Crippen molar-refractivity contribution in [2.75, 3.05) is 0 Å². The topological polar surface area (TPSA) is 55.1 Å². The summed E-state index contributed by atoms with van der Waals surface area (Å²) in [6, 6.07) is 0.554. The summed E-state index contributed by atoms with van der Waals surface area (Å²) in [6.07, 6.45) is 7.49. The van der Waals surface area contributed by atoms with Gasteiger partial charge in [0.1, 0.15) is 0 Å². The van der Waals surface area contributed by atoms with E-state index in [2.05, 4.69) is 33.0 Å². The molecule has 0 aromatic carbocycles.